The van der Waals surface area contributed by atoms with Gasteiger partial charge in [-0.25, -0.2) is 0 Å². The van der Waals surface area contributed by atoms with E-state index in [1.165, 1.54) is 23.1 Å². The highest BCUT2D eigenvalue weighted by Crippen LogP contribution is 2.36. The van der Waals surface area contributed by atoms with E-state index in [0.717, 1.165) is 22.9 Å². The summed E-state index contributed by atoms with van der Waals surface area (Å²) in [6, 6.07) is 11.6. The minimum absolute atomic E-state index is 0.0111. The molecule has 0 spiro atoms. The number of piperidine rings is 1. The Morgan fingerprint density at radius 3 is 2.39 bits per heavy atom. The normalized spacial score (nSPS) is 18.5. The number of halogens is 1. The number of hydrogen-bond donors (Lipinski definition) is 1. The Bertz CT molecular complexity index is 910. The molecule has 1 N–H and O–H groups in total. The second-order valence-electron chi connectivity index (χ2n) is 8.30. The van der Waals surface area contributed by atoms with Crippen LogP contribution in [0.3, 0.4) is 0 Å². The Morgan fingerprint density at radius 1 is 1.21 bits per heavy atom. The smallest absolute Gasteiger partial charge is 0.256 e. The summed E-state index contributed by atoms with van der Waals surface area (Å²) >= 11 is 3.47. The highest BCUT2D eigenvalue weighted by molar-refractivity contribution is 9.10. The summed E-state index contributed by atoms with van der Waals surface area (Å²) in [6.07, 6.45) is 3.29. The van der Waals surface area contributed by atoms with E-state index in [1.807, 2.05) is 19.1 Å². The van der Waals surface area contributed by atoms with Crippen LogP contribution in [0.25, 0.3) is 0 Å². The predicted molar refractivity (Wildman–Crippen MR) is 113 cm³/mol. The molecule has 1 amide bonds. The fourth-order valence-electron chi connectivity index (χ4n) is 3.82. The lowest BCUT2D eigenvalue weighted by Gasteiger charge is -2.42. The molecule has 1 aromatic carbocycles. The van der Waals surface area contributed by atoms with E-state index >= 15 is 0 Å². The first kappa shape index (κ1) is 20.8. The maximum absolute atomic E-state index is 12.9. The van der Waals surface area contributed by atoms with Crippen molar-refractivity contribution in [3.8, 4) is 0 Å². The summed E-state index contributed by atoms with van der Waals surface area (Å²) in [5.74, 6) is -0.321. The van der Waals surface area contributed by atoms with E-state index in [-0.39, 0.29) is 23.4 Å². The number of pyridine rings is 1. The van der Waals surface area contributed by atoms with E-state index in [1.54, 1.807) is 17.2 Å². The SMILES string of the molecule is Cc1ccn(CC(C)(O)C(=O)N2CCC(C)(c3ccc(Br)cc3)CC2)c(=O)c1. The van der Waals surface area contributed by atoms with E-state index in [2.05, 4.69) is 35.0 Å². The Labute approximate surface area is 174 Å². The van der Waals surface area contributed by atoms with Crippen LogP contribution in [0.5, 0.6) is 0 Å². The lowest BCUT2D eigenvalue weighted by atomic mass is 9.74. The summed E-state index contributed by atoms with van der Waals surface area (Å²) in [7, 11) is 0. The van der Waals surface area contributed by atoms with Gasteiger partial charge in [0.25, 0.3) is 11.5 Å². The van der Waals surface area contributed by atoms with Crippen molar-refractivity contribution in [1.29, 1.82) is 0 Å². The second-order valence-corrected chi connectivity index (χ2v) is 9.22. The molecule has 0 aliphatic carbocycles. The van der Waals surface area contributed by atoms with Crippen LogP contribution in [0.15, 0.2) is 51.9 Å². The van der Waals surface area contributed by atoms with Gasteiger partial charge in [-0.2, -0.15) is 0 Å². The molecule has 2 heterocycles. The van der Waals surface area contributed by atoms with Crippen molar-refractivity contribution in [2.75, 3.05) is 13.1 Å². The van der Waals surface area contributed by atoms with Crippen molar-refractivity contribution in [3.63, 3.8) is 0 Å². The van der Waals surface area contributed by atoms with Gasteiger partial charge in [0.2, 0.25) is 0 Å². The number of nitrogens with zero attached hydrogens (tertiary/aromatic N) is 2. The number of aromatic nitrogens is 1. The van der Waals surface area contributed by atoms with Crippen LogP contribution >= 0.6 is 15.9 Å². The van der Waals surface area contributed by atoms with Crippen molar-refractivity contribution in [1.82, 2.24) is 9.47 Å². The summed E-state index contributed by atoms with van der Waals surface area (Å²) in [4.78, 5) is 26.8. The lowest BCUT2D eigenvalue weighted by Crippen LogP contribution is -2.54. The first-order chi connectivity index (χ1) is 13.1. The van der Waals surface area contributed by atoms with E-state index in [9.17, 15) is 14.7 Å². The molecule has 1 aromatic heterocycles. The van der Waals surface area contributed by atoms with Crippen LogP contribution in [-0.2, 0) is 16.8 Å². The minimum Gasteiger partial charge on any atom is -0.378 e. The first-order valence-corrected chi connectivity index (χ1v) is 10.3. The highest BCUT2D eigenvalue weighted by atomic mass is 79.9. The predicted octanol–water partition coefficient (Wildman–Crippen LogP) is 3.25. The number of carbonyl (C=O) groups is 1. The summed E-state index contributed by atoms with van der Waals surface area (Å²) in [5.41, 5.74) is 0.299. The van der Waals surface area contributed by atoms with Gasteiger partial charge in [-0.15, -0.1) is 0 Å². The van der Waals surface area contributed by atoms with E-state index in [4.69, 9.17) is 0 Å². The number of amides is 1. The number of hydrogen-bond acceptors (Lipinski definition) is 3. The van der Waals surface area contributed by atoms with Gasteiger partial charge in [0.1, 0.15) is 0 Å². The van der Waals surface area contributed by atoms with Gasteiger partial charge in [-0.05, 0) is 61.4 Å². The Kier molecular flexibility index (Phi) is 5.82. The molecule has 28 heavy (non-hydrogen) atoms. The van der Waals surface area contributed by atoms with Crippen molar-refractivity contribution >= 4 is 21.8 Å². The third kappa shape index (κ3) is 4.39. The van der Waals surface area contributed by atoms with Crippen molar-refractivity contribution < 1.29 is 9.90 Å². The number of carbonyl (C=O) groups excluding carboxylic acids is 1. The average Bonchev–Trinajstić information content (AvgIpc) is 2.64. The first-order valence-electron chi connectivity index (χ1n) is 9.56. The number of aliphatic hydroxyl groups is 1. The molecule has 150 valence electrons. The van der Waals surface area contributed by atoms with Crippen LogP contribution in [-0.4, -0.2) is 39.2 Å². The van der Waals surface area contributed by atoms with Gasteiger partial charge in [-0.3, -0.25) is 9.59 Å². The molecule has 5 nitrogen and oxygen atoms in total. The summed E-state index contributed by atoms with van der Waals surface area (Å²) in [6.45, 7) is 6.68. The molecule has 0 radical (unpaired) electrons. The largest absolute Gasteiger partial charge is 0.378 e. The van der Waals surface area contributed by atoms with Crippen molar-refractivity contribution in [2.24, 2.45) is 0 Å². The summed E-state index contributed by atoms with van der Waals surface area (Å²) < 4.78 is 2.44. The topological polar surface area (TPSA) is 62.5 Å². The average molecular weight is 447 g/mol. The molecule has 1 aliphatic heterocycles. The monoisotopic (exact) mass is 446 g/mol. The maximum atomic E-state index is 12.9. The number of rotatable bonds is 4. The van der Waals surface area contributed by atoms with Crippen LogP contribution in [0.4, 0.5) is 0 Å². The van der Waals surface area contributed by atoms with Crippen LogP contribution in [0.1, 0.15) is 37.8 Å². The Morgan fingerprint density at radius 2 is 1.82 bits per heavy atom. The third-order valence-electron chi connectivity index (χ3n) is 5.79. The van der Waals surface area contributed by atoms with Gasteiger partial charge < -0.3 is 14.6 Å². The van der Waals surface area contributed by atoms with Crippen molar-refractivity contribution in [2.45, 2.75) is 51.2 Å². The zero-order valence-corrected chi connectivity index (χ0v) is 18.2. The third-order valence-corrected chi connectivity index (χ3v) is 6.31. The van der Waals surface area contributed by atoms with Crippen LogP contribution < -0.4 is 5.56 Å². The Balaban J connectivity index is 1.68. The number of likely N-dealkylation sites (tertiary alicyclic amines) is 1. The molecule has 0 bridgehead atoms. The molecule has 0 saturated carbocycles. The number of benzene rings is 1. The van der Waals surface area contributed by atoms with Gasteiger partial charge in [0.15, 0.2) is 5.60 Å². The quantitative estimate of drug-likeness (QED) is 0.783. The number of aryl methyl sites for hydroxylation is 1. The molecule has 2 aromatic rings. The Hall–Kier alpha value is -1.92. The molecule has 1 saturated heterocycles. The van der Waals surface area contributed by atoms with Crippen LogP contribution in [0.2, 0.25) is 0 Å². The molecule has 6 heteroatoms. The standard InChI is InChI=1S/C22H27BrN2O3/c1-16-8-11-25(19(26)14-16)15-22(3,28)20(27)24-12-9-21(2,10-13-24)17-4-6-18(23)7-5-17/h4-8,11,14,28H,9-10,12-13,15H2,1-3H3. The molecular weight excluding hydrogens is 420 g/mol. The lowest BCUT2D eigenvalue weighted by molar-refractivity contribution is -0.152. The highest BCUT2D eigenvalue weighted by Gasteiger charge is 2.39. The fourth-order valence-corrected chi connectivity index (χ4v) is 4.09. The molecule has 1 aliphatic rings. The molecule has 3 rings (SSSR count). The zero-order chi connectivity index (χ0) is 20.5. The molecule has 1 fully saturated rings. The fraction of sp³-hybridized carbons (Fsp3) is 0.455. The molecular formula is C22H27BrN2O3. The summed E-state index contributed by atoms with van der Waals surface area (Å²) in [5, 5.41) is 10.8. The van der Waals surface area contributed by atoms with E-state index in [0.29, 0.717) is 13.1 Å². The van der Waals surface area contributed by atoms with Gasteiger partial charge >= 0.3 is 0 Å². The van der Waals surface area contributed by atoms with Crippen LogP contribution in [0, 0.1) is 6.92 Å². The zero-order valence-electron chi connectivity index (χ0n) is 16.6. The molecule has 1 unspecified atom stereocenters. The van der Waals surface area contributed by atoms with Gasteiger partial charge in [-0.1, -0.05) is 35.0 Å². The van der Waals surface area contributed by atoms with E-state index < -0.39 is 5.60 Å². The van der Waals surface area contributed by atoms with Gasteiger partial charge in [0.05, 0.1) is 6.54 Å². The maximum Gasteiger partial charge on any atom is 0.256 e. The van der Waals surface area contributed by atoms with Crippen molar-refractivity contribution in [3.05, 3.63) is 68.5 Å². The minimum atomic E-state index is -1.62. The second kappa shape index (κ2) is 7.84. The van der Waals surface area contributed by atoms with Gasteiger partial charge in [0, 0.05) is 29.8 Å². The molecule has 1 atom stereocenters.